The van der Waals surface area contributed by atoms with E-state index in [0.717, 1.165) is 30.9 Å². The maximum atomic E-state index is 12.4. The largest absolute Gasteiger partial charge is 0.464 e. The van der Waals surface area contributed by atoms with E-state index in [4.69, 9.17) is 4.42 Å². The molecule has 1 amide bonds. The van der Waals surface area contributed by atoms with Crippen LogP contribution in [0, 0.1) is 12.3 Å². The number of furan rings is 1. The Kier molecular flexibility index (Phi) is 3.99. The topological polar surface area (TPSA) is 54.3 Å². The fourth-order valence-electron chi connectivity index (χ4n) is 2.71. The summed E-state index contributed by atoms with van der Waals surface area (Å²) in [6.45, 7) is 9.06. The summed E-state index contributed by atoms with van der Waals surface area (Å²) in [5, 5.41) is 6.37. The molecule has 19 heavy (non-hydrogen) atoms. The molecular formula is C15H24N2O2. The molecule has 0 aliphatic carbocycles. The minimum atomic E-state index is -0.125. The van der Waals surface area contributed by atoms with E-state index >= 15 is 0 Å². The highest BCUT2D eigenvalue weighted by Gasteiger charge is 2.37. The van der Waals surface area contributed by atoms with Crippen LogP contribution in [0.1, 0.15) is 51.2 Å². The number of hydrogen-bond acceptors (Lipinski definition) is 3. The molecule has 1 fully saturated rings. The second-order valence-electron chi connectivity index (χ2n) is 6.16. The molecule has 4 heteroatoms. The molecule has 1 aromatic heterocycles. The van der Waals surface area contributed by atoms with Gasteiger partial charge < -0.3 is 15.1 Å². The normalized spacial score (nSPS) is 23.9. The molecule has 1 aromatic rings. The van der Waals surface area contributed by atoms with Gasteiger partial charge in [0.1, 0.15) is 11.5 Å². The summed E-state index contributed by atoms with van der Waals surface area (Å²) in [5.74, 6) is 1.73. The lowest BCUT2D eigenvalue weighted by Crippen LogP contribution is -2.55. The van der Waals surface area contributed by atoms with Crippen LogP contribution in [0.15, 0.2) is 16.5 Å². The maximum Gasteiger partial charge on any atom is 0.238 e. The van der Waals surface area contributed by atoms with Crippen LogP contribution in [-0.2, 0) is 4.79 Å². The highest BCUT2D eigenvalue weighted by molar-refractivity contribution is 5.83. The lowest BCUT2D eigenvalue weighted by Gasteiger charge is -2.38. The van der Waals surface area contributed by atoms with Crippen molar-refractivity contribution < 1.29 is 9.21 Å². The number of nitrogens with one attached hydrogen (secondary N) is 2. The summed E-state index contributed by atoms with van der Waals surface area (Å²) in [4.78, 5) is 12.4. The fourth-order valence-corrected chi connectivity index (χ4v) is 2.71. The number of piperidine rings is 1. The Labute approximate surface area is 114 Å². The van der Waals surface area contributed by atoms with Crippen molar-refractivity contribution in [3.63, 3.8) is 0 Å². The van der Waals surface area contributed by atoms with E-state index < -0.39 is 0 Å². The molecule has 1 aliphatic rings. The number of carbonyl (C=O) groups is 1. The zero-order valence-electron chi connectivity index (χ0n) is 12.2. The monoisotopic (exact) mass is 264 g/mol. The van der Waals surface area contributed by atoms with Gasteiger partial charge in [0, 0.05) is 0 Å². The van der Waals surface area contributed by atoms with E-state index in [-0.39, 0.29) is 23.4 Å². The van der Waals surface area contributed by atoms with Crippen LogP contribution >= 0.6 is 0 Å². The summed E-state index contributed by atoms with van der Waals surface area (Å²) >= 11 is 0. The summed E-state index contributed by atoms with van der Waals surface area (Å²) in [5.41, 5.74) is 0.00113. The standard InChI is InChI=1S/C15H24N2O2/c1-10-6-7-12(19-10)11(2)17-14(18)13-15(3,4)8-5-9-16-13/h6-7,11,13,16H,5,8-9H2,1-4H3,(H,17,18). The summed E-state index contributed by atoms with van der Waals surface area (Å²) in [7, 11) is 0. The average molecular weight is 264 g/mol. The molecule has 2 heterocycles. The molecule has 4 nitrogen and oxygen atoms in total. The zero-order valence-corrected chi connectivity index (χ0v) is 12.2. The smallest absolute Gasteiger partial charge is 0.238 e. The van der Waals surface area contributed by atoms with Gasteiger partial charge in [0.15, 0.2) is 0 Å². The van der Waals surface area contributed by atoms with Crippen molar-refractivity contribution in [1.82, 2.24) is 10.6 Å². The fraction of sp³-hybridized carbons (Fsp3) is 0.667. The first-order valence-electron chi connectivity index (χ1n) is 7.00. The molecule has 106 valence electrons. The highest BCUT2D eigenvalue weighted by atomic mass is 16.3. The third-order valence-electron chi connectivity index (χ3n) is 3.94. The van der Waals surface area contributed by atoms with Crippen LogP contribution in [0.2, 0.25) is 0 Å². The minimum Gasteiger partial charge on any atom is -0.464 e. The molecule has 1 aliphatic heterocycles. The van der Waals surface area contributed by atoms with Gasteiger partial charge in [-0.3, -0.25) is 4.79 Å². The number of aryl methyl sites for hydroxylation is 1. The van der Waals surface area contributed by atoms with Crippen molar-refractivity contribution in [1.29, 1.82) is 0 Å². The molecule has 2 N–H and O–H groups in total. The van der Waals surface area contributed by atoms with Crippen molar-refractivity contribution in [3.8, 4) is 0 Å². The molecule has 2 unspecified atom stereocenters. The summed E-state index contributed by atoms with van der Waals surface area (Å²) < 4.78 is 5.55. The van der Waals surface area contributed by atoms with E-state index in [1.807, 2.05) is 26.0 Å². The first kappa shape index (κ1) is 14.1. The van der Waals surface area contributed by atoms with E-state index in [1.165, 1.54) is 0 Å². The lowest BCUT2D eigenvalue weighted by atomic mass is 9.77. The van der Waals surface area contributed by atoms with Gasteiger partial charge in [-0.25, -0.2) is 0 Å². The van der Waals surface area contributed by atoms with Crippen LogP contribution in [0.25, 0.3) is 0 Å². The van der Waals surface area contributed by atoms with Gasteiger partial charge in [-0.15, -0.1) is 0 Å². The second kappa shape index (κ2) is 5.37. The van der Waals surface area contributed by atoms with Crippen LogP contribution in [0.5, 0.6) is 0 Å². The van der Waals surface area contributed by atoms with Crippen molar-refractivity contribution in [2.45, 2.75) is 52.6 Å². The van der Waals surface area contributed by atoms with Crippen LogP contribution in [0.4, 0.5) is 0 Å². The Morgan fingerprint density at radius 1 is 1.53 bits per heavy atom. The first-order chi connectivity index (χ1) is 8.90. The quantitative estimate of drug-likeness (QED) is 0.882. The van der Waals surface area contributed by atoms with Crippen molar-refractivity contribution >= 4 is 5.91 Å². The van der Waals surface area contributed by atoms with E-state index in [0.29, 0.717) is 0 Å². The third kappa shape index (κ3) is 3.18. The first-order valence-corrected chi connectivity index (χ1v) is 7.00. The Hall–Kier alpha value is -1.29. The van der Waals surface area contributed by atoms with Crippen molar-refractivity contribution in [3.05, 3.63) is 23.7 Å². The Morgan fingerprint density at radius 2 is 2.26 bits per heavy atom. The SMILES string of the molecule is Cc1ccc(C(C)NC(=O)C2NCCCC2(C)C)o1. The average Bonchev–Trinajstić information content (AvgIpc) is 2.75. The summed E-state index contributed by atoms with van der Waals surface area (Å²) in [6, 6.07) is 3.61. The van der Waals surface area contributed by atoms with Gasteiger partial charge in [-0.2, -0.15) is 0 Å². The van der Waals surface area contributed by atoms with E-state index in [1.54, 1.807) is 0 Å². The minimum absolute atomic E-state index is 0.00113. The Morgan fingerprint density at radius 3 is 2.84 bits per heavy atom. The second-order valence-corrected chi connectivity index (χ2v) is 6.16. The molecule has 0 radical (unpaired) electrons. The lowest BCUT2D eigenvalue weighted by molar-refractivity contribution is -0.127. The highest BCUT2D eigenvalue weighted by Crippen LogP contribution is 2.30. The van der Waals surface area contributed by atoms with Crippen LogP contribution < -0.4 is 10.6 Å². The van der Waals surface area contributed by atoms with Gasteiger partial charge in [0.05, 0.1) is 12.1 Å². The molecule has 1 saturated heterocycles. The maximum absolute atomic E-state index is 12.4. The van der Waals surface area contributed by atoms with Gasteiger partial charge in [0.2, 0.25) is 5.91 Å². The molecule has 0 aromatic carbocycles. The van der Waals surface area contributed by atoms with Crippen LogP contribution in [-0.4, -0.2) is 18.5 Å². The molecular weight excluding hydrogens is 240 g/mol. The van der Waals surface area contributed by atoms with Gasteiger partial charge in [-0.1, -0.05) is 13.8 Å². The van der Waals surface area contributed by atoms with E-state index in [9.17, 15) is 4.79 Å². The zero-order chi connectivity index (χ0) is 14.0. The number of rotatable bonds is 3. The van der Waals surface area contributed by atoms with E-state index in [2.05, 4.69) is 24.5 Å². The predicted molar refractivity (Wildman–Crippen MR) is 74.8 cm³/mol. The van der Waals surface area contributed by atoms with Gasteiger partial charge >= 0.3 is 0 Å². The van der Waals surface area contributed by atoms with Gasteiger partial charge in [-0.05, 0) is 50.8 Å². The number of carbonyl (C=O) groups excluding carboxylic acids is 1. The Bertz CT molecular complexity index is 451. The molecule has 2 atom stereocenters. The number of hydrogen-bond donors (Lipinski definition) is 2. The Balaban J connectivity index is 2.00. The van der Waals surface area contributed by atoms with Crippen LogP contribution in [0.3, 0.4) is 0 Å². The molecule has 2 rings (SSSR count). The molecule has 0 bridgehead atoms. The summed E-state index contributed by atoms with van der Waals surface area (Å²) in [6.07, 6.45) is 2.20. The molecule has 0 spiro atoms. The number of amides is 1. The molecule has 0 saturated carbocycles. The van der Waals surface area contributed by atoms with Crippen molar-refractivity contribution in [2.24, 2.45) is 5.41 Å². The van der Waals surface area contributed by atoms with Gasteiger partial charge in [0.25, 0.3) is 0 Å². The predicted octanol–water partition coefficient (Wildman–Crippen LogP) is 2.54. The van der Waals surface area contributed by atoms with Crippen molar-refractivity contribution in [2.75, 3.05) is 6.54 Å². The third-order valence-corrected chi connectivity index (χ3v) is 3.94.